The molecule has 2 amide bonds. The predicted molar refractivity (Wildman–Crippen MR) is 67.6 cm³/mol. The molecule has 0 aromatic rings. The lowest BCUT2D eigenvalue weighted by Crippen LogP contribution is -2.52. The summed E-state index contributed by atoms with van der Waals surface area (Å²) in [6.07, 6.45) is 7.26. The third kappa shape index (κ3) is 4.75. The van der Waals surface area contributed by atoms with Crippen molar-refractivity contribution in [1.29, 1.82) is 0 Å². The van der Waals surface area contributed by atoms with Gasteiger partial charge < -0.3 is 9.80 Å². The monoisotopic (exact) mass is 240 g/mol. The van der Waals surface area contributed by atoms with Crippen LogP contribution in [0.2, 0.25) is 0 Å². The van der Waals surface area contributed by atoms with E-state index in [1.54, 1.807) is 11.9 Å². The first-order valence-corrected chi connectivity index (χ1v) is 6.67. The zero-order valence-electron chi connectivity index (χ0n) is 11.1. The summed E-state index contributed by atoms with van der Waals surface area (Å²) < 4.78 is 0. The first kappa shape index (κ1) is 14.0. The Morgan fingerprint density at radius 1 is 0.941 bits per heavy atom. The number of rotatable bonds is 7. The van der Waals surface area contributed by atoms with Crippen molar-refractivity contribution in [1.82, 2.24) is 9.80 Å². The molecule has 0 aromatic carbocycles. The number of amides is 2. The van der Waals surface area contributed by atoms with Crippen LogP contribution >= 0.6 is 0 Å². The molecule has 0 spiro atoms. The molecule has 1 heterocycles. The normalized spacial score (nSPS) is 16.8. The van der Waals surface area contributed by atoms with Crippen molar-refractivity contribution in [3.63, 3.8) is 0 Å². The smallest absolute Gasteiger partial charge is 0.242 e. The van der Waals surface area contributed by atoms with E-state index in [0.29, 0.717) is 0 Å². The minimum atomic E-state index is 0.0515. The highest BCUT2D eigenvalue weighted by molar-refractivity contribution is 5.92. The second kappa shape index (κ2) is 7.30. The summed E-state index contributed by atoms with van der Waals surface area (Å²) in [5.74, 6) is 0.135. The average molecular weight is 240 g/mol. The predicted octanol–water partition coefficient (Wildman–Crippen LogP) is 1.65. The Bertz CT molecular complexity index is 266. The van der Waals surface area contributed by atoms with Crippen LogP contribution in [0.3, 0.4) is 0 Å². The molecule has 0 radical (unpaired) electrons. The van der Waals surface area contributed by atoms with Gasteiger partial charge in [-0.25, -0.2) is 0 Å². The topological polar surface area (TPSA) is 40.6 Å². The molecule has 4 nitrogen and oxygen atoms in total. The van der Waals surface area contributed by atoms with Gasteiger partial charge in [-0.3, -0.25) is 9.59 Å². The minimum Gasteiger partial charge on any atom is -0.335 e. The molecule has 1 fully saturated rings. The van der Waals surface area contributed by atoms with E-state index in [1.807, 2.05) is 0 Å². The van der Waals surface area contributed by atoms with Gasteiger partial charge >= 0.3 is 0 Å². The van der Waals surface area contributed by atoms with Crippen molar-refractivity contribution >= 4 is 11.8 Å². The number of hydrogen-bond acceptors (Lipinski definition) is 2. The van der Waals surface area contributed by atoms with Gasteiger partial charge in [0.05, 0.1) is 13.1 Å². The number of piperazine rings is 1. The summed E-state index contributed by atoms with van der Waals surface area (Å²) in [6.45, 7) is 3.46. The quantitative estimate of drug-likeness (QED) is 0.635. The summed E-state index contributed by atoms with van der Waals surface area (Å²) in [5.41, 5.74) is 0. The van der Waals surface area contributed by atoms with Gasteiger partial charge in [0.25, 0.3) is 0 Å². The number of hydrogen-bond donors (Lipinski definition) is 0. The van der Waals surface area contributed by atoms with E-state index in [0.717, 1.165) is 19.4 Å². The van der Waals surface area contributed by atoms with Crippen LogP contribution in [0.1, 0.15) is 45.4 Å². The van der Waals surface area contributed by atoms with Crippen LogP contribution in [-0.2, 0) is 9.59 Å². The molecular formula is C13H24N2O2. The molecule has 4 heteroatoms. The number of likely N-dealkylation sites (N-methyl/N-ethyl adjacent to an activating group) is 1. The number of carbonyl (C=O) groups is 2. The van der Waals surface area contributed by atoms with Gasteiger partial charge in [0.1, 0.15) is 0 Å². The van der Waals surface area contributed by atoms with Crippen molar-refractivity contribution in [2.45, 2.75) is 45.4 Å². The molecule has 0 aliphatic carbocycles. The lowest BCUT2D eigenvalue weighted by molar-refractivity contribution is -0.148. The zero-order valence-corrected chi connectivity index (χ0v) is 11.1. The van der Waals surface area contributed by atoms with E-state index in [9.17, 15) is 9.59 Å². The van der Waals surface area contributed by atoms with E-state index in [2.05, 4.69) is 6.92 Å². The second-order valence-electron chi connectivity index (χ2n) is 4.83. The van der Waals surface area contributed by atoms with E-state index in [4.69, 9.17) is 0 Å². The SMILES string of the molecule is CCCCCCCCN1CC(=O)N(C)CC1=O. The molecule has 0 saturated carbocycles. The molecule has 17 heavy (non-hydrogen) atoms. The first-order chi connectivity index (χ1) is 8.15. The third-order valence-corrected chi connectivity index (χ3v) is 3.26. The lowest BCUT2D eigenvalue weighted by atomic mass is 10.1. The van der Waals surface area contributed by atoms with Crippen LogP contribution in [0.5, 0.6) is 0 Å². The van der Waals surface area contributed by atoms with Crippen molar-refractivity contribution < 1.29 is 9.59 Å². The van der Waals surface area contributed by atoms with Crippen molar-refractivity contribution in [3.8, 4) is 0 Å². The Kier molecular flexibility index (Phi) is 6.01. The molecule has 0 N–H and O–H groups in total. The van der Waals surface area contributed by atoms with Crippen molar-refractivity contribution in [3.05, 3.63) is 0 Å². The molecule has 1 aliphatic rings. The van der Waals surface area contributed by atoms with Crippen molar-refractivity contribution in [2.24, 2.45) is 0 Å². The summed E-state index contributed by atoms with van der Waals surface area (Å²) in [4.78, 5) is 26.3. The Morgan fingerprint density at radius 2 is 1.59 bits per heavy atom. The molecule has 0 unspecified atom stereocenters. The second-order valence-corrected chi connectivity index (χ2v) is 4.83. The average Bonchev–Trinajstić information content (AvgIpc) is 2.30. The Hall–Kier alpha value is -1.06. The van der Waals surface area contributed by atoms with Crippen molar-refractivity contribution in [2.75, 3.05) is 26.7 Å². The number of carbonyl (C=O) groups excluding carboxylic acids is 2. The molecule has 0 bridgehead atoms. The first-order valence-electron chi connectivity index (χ1n) is 6.67. The maximum atomic E-state index is 11.6. The van der Waals surface area contributed by atoms with Gasteiger partial charge in [0.15, 0.2) is 0 Å². The van der Waals surface area contributed by atoms with Crippen LogP contribution in [-0.4, -0.2) is 48.3 Å². The molecule has 1 saturated heterocycles. The molecule has 98 valence electrons. The largest absolute Gasteiger partial charge is 0.335 e. The highest BCUT2D eigenvalue weighted by Crippen LogP contribution is 2.08. The lowest BCUT2D eigenvalue weighted by Gasteiger charge is -2.31. The van der Waals surface area contributed by atoms with Gasteiger partial charge in [-0.05, 0) is 6.42 Å². The van der Waals surface area contributed by atoms with Crippen LogP contribution < -0.4 is 0 Å². The maximum Gasteiger partial charge on any atom is 0.242 e. The summed E-state index contributed by atoms with van der Waals surface area (Å²) in [7, 11) is 1.68. The zero-order chi connectivity index (χ0) is 12.7. The fourth-order valence-corrected chi connectivity index (χ4v) is 2.05. The Balaban J connectivity index is 2.14. The van der Waals surface area contributed by atoms with E-state index >= 15 is 0 Å². The van der Waals surface area contributed by atoms with Gasteiger partial charge in [-0.2, -0.15) is 0 Å². The standard InChI is InChI=1S/C13H24N2O2/c1-3-4-5-6-7-8-9-15-11-12(16)14(2)10-13(15)17/h3-11H2,1-2H3. The van der Waals surface area contributed by atoms with Crippen LogP contribution in [0.15, 0.2) is 0 Å². The highest BCUT2D eigenvalue weighted by Gasteiger charge is 2.26. The Morgan fingerprint density at radius 3 is 2.29 bits per heavy atom. The van der Waals surface area contributed by atoms with Crippen LogP contribution in [0, 0.1) is 0 Å². The minimum absolute atomic E-state index is 0.0515. The fraction of sp³-hybridized carbons (Fsp3) is 0.846. The number of unbranched alkanes of at least 4 members (excludes halogenated alkanes) is 5. The van der Waals surface area contributed by atoms with Gasteiger partial charge in [-0.15, -0.1) is 0 Å². The van der Waals surface area contributed by atoms with E-state index in [-0.39, 0.29) is 24.9 Å². The highest BCUT2D eigenvalue weighted by atomic mass is 16.2. The van der Waals surface area contributed by atoms with Gasteiger partial charge in [0.2, 0.25) is 11.8 Å². The molecular weight excluding hydrogens is 216 g/mol. The molecule has 0 aromatic heterocycles. The van der Waals surface area contributed by atoms with E-state index < -0.39 is 0 Å². The fourth-order valence-electron chi connectivity index (χ4n) is 2.05. The summed E-state index contributed by atoms with van der Waals surface area (Å²) in [6, 6.07) is 0. The summed E-state index contributed by atoms with van der Waals surface area (Å²) in [5, 5.41) is 0. The Labute approximate surface area is 104 Å². The van der Waals surface area contributed by atoms with Gasteiger partial charge in [-0.1, -0.05) is 39.0 Å². The van der Waals surface area contributed by atoms with Gasteiger partial charge in [0, 0.05) is 13.6 Å². The molecule has 1 aliphatic heterocycles. The number of nitrogens with zero attached hydrogens (tertiary/aromatic N) is 2. The molecule has 1 rings (SSSR count). The van der Waals surface area contributed by atoms with Crippen LogP contribution in [0.4, 0.5) is 0 Å². The van der Waals surface area contributed by atoms with E-state index in [1.165, 1.54) is 30.6 Å². The van der Waals surface area contributed by atoms with Crippen LogP contribution in [0.25, 0.3) is 0 Å². The maximum absolute atomic E-state index is 11.6. The third-order valence-electron chi connectivity index (χ3n) is 3.26. The summed E-state index contributed by atoms with van der Waals surface area (Å²) >= 11 is 0. The molecule has 0 atom stereocenters.